The second kappa shape index (κ2) is 25.8. The summed E-state index contributed by atoms with van der Waals surface area (Å²) in [7, 11) is 0. The molecule has 21 heteroatoms. The van der Waals surface area contributed by atoms with Crippen molar-refractivity contribution in [1.29, 1.82) is 0 Å². The van der Waals surface area contributed by atoms with Crippen LogP contribution in [-0.4, -0.2) is 142 Å². The number of hydroxylamine groups is 1. The number of ketones is 1. The van der Waals surface area contributed by atoms with Crippen molar-refractivity contribution in [3.05, 3.63) is 175 Å². The maximum atomic E-state index is 12.7. The summed E-state index contributed by atoms with van der Waals surface area (Å²) in [6.07, 6.45) is 19.6. The van der Waals surface area contributed by atoms with E-state index < -0.39 is 5.91 Å². The van der Waals surface area contributed by atoms with Crippen molar-refractivity contribution in [3.63, 3.8) is 0 Å². The number of carbonyl (C=O) groups excluding carboxylic acids is 3. The van der Waals surface area contributed by atoms with Crippen LogP contribution >= 0.6 is 0 Å². The van der Waals surface area contributed by atoms with Gasteiger partial charge in [-0.15, -0.1) is 0 Å². The number of aliphatic hydroxyl groups excluding tert-OH is 1. The molecule has 5 aromatic heterocycles. The SMILES string of the molecule is O=C(CO)CCCCCCC(=O)N1CCN(c2ccc(Nc3nc(-c4ccc5c(c4)CN=C5)cn4ccnc34)cc2)CC1.O=C(NO)c1ccc(CN2CCN(c3ccc(Nc4nc(-c5ccc6cn[nH]c6c5)cn5ccnc45)cc3)CC2)cc1. The molecule has 2 amide bonds. The van der Waals surface area contributed by atoms with E-state index in [0.717, 1.165) is 144 Å². The molecule has 0 radical (unpaired) electrons. The number of nitrogens with one attached hydrogen (secondary N) is 4. The minimum absolute atomic E-state index is 0.111. The van der Waals surface area contributed by atoms with Crippen molar-refractivity contribution in [2.24, 2.45) is 4.99 Å². The van der Waals surface area contributed by atoms with Gasteiger partial charge in [0.05, 0.1) is 29.6 Å². The number of hydrogen-bond donors (Lipinski definition) is 6. The van der Waals surface area contributed by atoms with Gasteiger partial charge in [0.15, 0.2) is 28.7 Å². The number of amides is 2. The van der Waals surface area contributed by atoms with Crippen LogP contribution in [0.25, 0.3) is 44.7 Å². The Labute approximate surface area is 490 Å². The van der Waals surface area contributed by atoms with E-state index in [1.54, 1.807) is 30.0 Å². The lowest BCUT2D eigenvalue weighted by Crippen LogP contribution is -2.48. The molecule has 13 rings (SSSR count). The molecular weight excluding hydrogens is 1070 g/mol. The number of aromatic amines is 1. The highest BCUT2D eigenvalue weighted by Gasteiger charge is 2.23. The van der Waals surface area contributed by atoms with Gasteiger partial charge in [0, 0.05) is 160 Å². The molecule has 0 spiro atoms. The molecule has 0 saturated carbocycles. The van der Waals surface area contributed by atoms with E-state index in [2.05, 4.69) is 129 Å². The average Bonchev–Trinajstić information content (AvgIpc) is 4.18. The van der Waals surface area contributed by atoms with E-state index in [4.69, 9.17) is 20.3 Å². The zero-order valence-electron chi connectivity index (χ0n) is 47.0. The fourth-order valence-electron chi connectivity index (χ4n) is 11.1. The zero-order valence-corrected chi connectivity index (χ0v) is 47.0. The Balaban J connectivity index is 0.000000167. The summed E-state index contributed by atoms with van der Waals surface area (Å²) in [6, 6.07) is 36.6. The molecule has 85 heavy (non-hydrogen) atoms. The number of carbonyl (C=O) groups is 3. The third-order valence-corrected chi connectivity index (χ3v) is 15.9. The lowest BCUT2D eigenvalue weighted by molar-refractivity contribution is -0.131. The average molecular weight is 1140 g/mol. The molecule has 5 aromatic carbocycles. The largest absolute Gasteiger partial charge is 0.389 e. The number of rotatable bonds is 19. The summed E-state index contributed by atoms with van der Waals surface area (Å²) in [5.74, 6) is 0.977. The molecule has 3 aliphatic heterocycles. The summed E-state index contributed by atoms with van der Waals surface area (Å²) < 4.78 is 3.97. The number of aromatic nitrogens is 8. The van der Waals surface area contributed by atoms with Gasteiger partial charge in [0.2, 0.25) is 5.91 Å². The molecule has 8 heterocycles. The maximum absolute atomic E-state index is 12.7. The van der Waals surface area contributed by atoms with Gasteiger partial charge in [0.25, 0.3) is 5.91 Å². The van der Waals surface area contributed by atoms with Crippen LogP contribution in [0.15, 0.2) is 158 Å². The summed E-state index contributed by atoms with van der Waals surface area (Å²) >= 11 is 0. The van der Waals surface area contributed by atoms with Gasteiger partial charge in [-0.25, -0.2) is 25.4 Å². The van der Waals surface area contributed by atoms with E-state index in [1.165, 1.54) is 11.3 Å². The smallest absolute Gasteiger partial charge is 0.274 e. The number of H-pyrrole nitrogens is 1. The Morgan fingerprint density at radius 1 is 0.624 bits per heavy atom. The van der Waals surface area contributed by atoms with Gasteiger partial charge >= 0.3 is 0 Å². The number of Topliss-reactive ketones (excluding diaryl/α,β-unsaturated/α-hetero) is 1. The van der Waals surface area contributed by atoms with E-state index in [1.807, 2.05) is 69.1 Å². The van der Waals surface area contributed by atoms with Crippen LogP contribution in [0.3, 0.4) is 0 Å². The Morgan fingerprint density at radius 2 is 1.21 bits per heavy atom. The molecule has 432 valence electrons. The molecule has 0 bridgehead atoms. The van der Waals surface area contributed by atoms with Crippen molar-refractivity contribution >= 4 is 80.4 Å². The quantitative estimate of drug-likeness (QED) is 0.0251. The third-order valence-electron chi connectivity index (χ3n) is 15.9. The molecule has 6 N–H and O–H groups in total. The number of hydrogen-bond acceptors (Lipinski definition) is 16. The van der Waals surface area contributed by atoms with E-state index in [-0.39, 0.29) is 18.3 Å². The zero-order chi connectivity index (χ0) is 58.1. The number of aliphatic imine (C=N–C) groups is 1. The van der Waals surface area contributed by atoms with Gasteiger partial charge in [0.1, 0.15) is 6.61 Å². The fraction of sp³-hybridized carbons (Fsp3) is 0.266. The van der Waals surface area contributed by atoms with Crippen molar-refractivity contribution < 1.29 is 24.7 Å². The normalized spacial score (nSPS) is 14.2. The van der Waals surface area contributed by atoms with Gasteiger partial charge < -0.3 is 39.2 Å². The Hall–Kier alpha value is -9.83. The van der Waals surface area contributed by atoms with Crippen molar-refractivity contribution in [3.8, 4) is 22.5 Å². The minimum Gasteiger partial charge on any atom is -0.389 e. The predicted octanol–water partition coefficient (Wildman–Crippen LogP) is 9.08. The summed E-state index contributed by atoms with van der Waals surface area (Å²) in [4.78, 5) is 67.7. The second-order valence-electron chi connectivity index (χ2n) is 21.5. The van der Waals surface area contributed by atoms with E-state index in [0.29, 0.717) is 49.7 Å². The number of imidazole rings is 2. The van der Waals surface area contributed by atoms with Crippen LogP contribution in [-0.2, 0) is 22.7 Å². The maximum Gasteiger partial charge on any atom is 0.274 e. The Kier molecular flexibility index (Phi) is 16.9. The Morgan fingerprint density at radius 3 is 1.82 bits per heavy atom. The number of anilines is 6. The molecule has 2 saturated heterocycles. The van der Waals surface area contributed by atoms with Gasteiger partial charge in [-0.2, -0.15) is 5.10 Å². The highest BCUT2D eigenvalue weighted by Crippen LogP contribution is 2.31. The highest BCUT2D eigenvalue weighted by atomic mass is 16.5. The molecule has 2 fully saturated rings. The third kappa shape index (κ3) is 13.2. The molecule has 0 aliphatic carbocycles. The van der Waals surface area contributed by atoms with E-state index >= 15 is 0 Å². The standard InChI is InChI=1S/C33H37N7O3.C31H29N9O2/c41-23-29(42)5-3-1-2-4-6-31(43)39-17-15-38(16-18-39)28-11-9-27(10-12-28)36-32-33-35-13-14-40(33)22-30(37-32)24-7-8-25-20-34-21-26(25)19-24;41-31(37-42)22-3-1-21(2-4-22)19-38-13-15-39(16-14-38)26-9-7-25(8-10-26)34-29-30-32-11-12-40(30)20-28(35-29)23-5-6-24-18-33-36-27(24)17-23/h7-14,19-20,22,41H,1-6,15-18,21,23H2,(H,36,37);1-12,17-18,20,42H,13-16,19H2,(H,33,36)(H,34,35)(H,37,41). The molecule has 10 aromatic rings. The van der Waals surface area contributed by atoms with Crippen LogP contribution in [0.5, 0.6) is 0 Å². The summed E-state index contributed by atoms with van der Waals surface area (Å²) in [5.41, 5.74) is 16.0. The lowest BCUT2D eigenvalue weighted by atomic mass is 10.0. The number of aliphatic hydroxyl groups is 1. The second-order valence-corrected chi connectivity index (χ2v) is 21.5. The van der Waals surface area contributed by atoms with Crippen LogP contribution in [0.1, 0.15) is 65.6 Å². The molecule has 21 nitrogen and oxygen atoms in total. The van der Waals surface area contributed by atoms with Crippen molar-refractivity contribution in [2.75, 3.05) is 79.4 Å². The number of unbranched alkanes of at least 4 members (excludes halogenated alkanes) is 3. The van der Waals surface area contributed by atoms with Crippen molar-refractivity contribution in [1.82, 2.24) is 54.2 Å². The molecule has 3 aliphatic rings. The first-order chi connectivity index (χ1) is 41.7. The first-order valence-electron chi connectivity index (χ1n) is 28.8. The van der Waals surface area contributed by atoms with Crippen LogP contribution < -0.4 is 25.9 Å². The fourth-order valence-corrected chi connectivity index (χ4v) is 11.1. The summed E-state index contributed by atoms with van der Waals surface area (Å²) in [5, 5.41) is 32.7. The topological polar surface area (TPSA) is 242 Å². The molecular formula is C64H66N16O5. The van der Waals surface area contributed by atoms with Crippen LogP contribution in [0.4, 0.5) is 34.4 Å². The molecule has 0 atom stereocenters. The first-order valence-corrected chi connectivity index (χ1v) is 28.8. The van der Waals surface area contributed by atoms with Crippen molar-refractivity contribution in [2.45, 2.75) is 51.6 Å². The lowest BCUT2D eigenvalue weighted by Gasteiger charge is -2.36. The number of nitrogens with zero attached hydrogens (tertiary/aromatic N) is 12. The number of benzene rings is 5. The summed E-state index contributed by atoms with van der Waals surface area (Å²) in [6.45, 7) is 7.92. The van der Waals surface area contributed by atoms with Gasteiger partial charge in [-0.1, -0.05) is 49.2 Å². The van der Waals surface area contributed by atoms with Gasteiger partial charge in [-0.05, 0) is 102 Å². The highest BCUT2D eigenvalue weighted by molar-refractivity contribution is 5.93. The van der Waals surface area contributed by atoms with Crippen LogP contribution in [0.2, 0.25) is 0 Å². The minimum atomic E-state index is -0.501. The number of fused-ring (bicyclic) bond motifs is 4. The Bertz CT molecular complexity index is 3990. The molecule has 0 unspecified atom stereocenters. The van der Waals surface area contributed by atoms with E-state index in [9.17, 15) is 14.4 Å². The first kappa shape index (κ1) is 55.7. The predicted molar refractivity (Wildman–Crippen MR) is 329 cm³/mol. The monoisotopic (exact) mass is 1140 g/mol. The van der Waals surface area contributed by atoms with Crippen LogP contribution in [0, 0.1) is 0 Å². The number of piperazine rings is 2. The van der Waals surface area contributed by atoms with Gasteiger partial charge in [-0.3, -0.25) is 34.6 Å².